The molecular weight excluding hydrogens is 380 g/mol. The van der Waals surface area contributed by atoms with Gasteiger partial charge in [-0.2, -0.15) is 0 Å². The quantitative estimate of drug-likeness (QED) is 0.266. The summed E-state index contributed by atoms with van der Waals surface area (Å²) >= 11 is 0. The number of aromatic hydroxyl groups is 1. The molecule has 0 aliphatic carbocycles. The Labute approximate surface area is 178 Å². The first-order valence-corrected chi connectivity index (χ1v) is 10.4. The highest BCUT2D eigenvalue weighted by atomic mass is 16.5. The summed E-state index contributed by atoms with van der Waals surface area (Å²) in [6.45, 7) is 8.94. The molecule has 0 radical (unpaired) electrons. The predicted octanol–water partition coefficient (Wildman–Crippen LogP) is 6.31. The van der Waals surface area contributed by atoms with Gasteiger partial charge in [0.05, 0.1) is 12.0 Å². The number of phenolic OH excluding ortho intramolecular Hbond substituents is 1. The van der Waals surface area contributed by atoms with E-state index in [-0.39, 0.29) is 23.7 Å². The van der Waals surface area contributed by atoms with E-state index in [4.69, 9.17) is 13.9 Å². The maximum Gasteiger partial charge on any atom is 0.383 e. The second-order valence-corrected chi connectivity index (χ2v) is 7.43. The topological polar surface area (TPSA) is 68.9 Å². The van der Waals surface area contributed by atoms with E-state index >= 15 is 0 Å². The summed E-state index contributed by atoms with van der Waals surface area (Å²) in [5.41, 5.74) is 2.13. The van der Waals surface area contributed by atoms with Crippen molar-refractivity contribution in [1.82, 2.24) is 0 Å². The fourth-order valence-electron chi connectivity index (χ4n) is 2.88. The second kappa shape index (κ2) is 11.9. The van der Waals surface area contributed by atoms with E-state index in [0.717, 1.165) is 25.7 Å². The zero-order chi connectivity index (χ0) is 21.9. The van der Waals surface area contributed by atoms with Gasteiger partial charge in [0.15, 0.2) is 5.75 Å². The maximum atomic E-state index is 12.5. The molecule has 0 aliphatic heterocycles. The van der Waals surface area contributed by atoms with Crippen molar-refractivity contribution >= 4 is 11.0 Å². The minimum atomic E-state index is -0.622. The van der Waals surface area contributed by atoms with E-state index in [2.05, 4.69) is 32.9 Å². The standard InChI is InChI=1S/C25H32O5/c1-5-6-7-8-15-28-23-21-13-12-20(26)17-22(21)30-25(27)24(23)29-16-14-19(4)11-9-10-18(2)3/h6-7,10,12-14,17,26H,5,8-9,11,15-16H2,1-4H3/b7-6+,19-14+. The molecule has 0 aliphatic rings. The van der Waals surface area contributed by atoms with Crippen molar-refractivity contribution in [3.8, 4) is 17.2 Å². The van der Waals surface area contributed by atoms with Gasteiger partial charge in [-0.05, 0) is 64.7 Å². The van der Waals surface area contributed by atoms with Gasteiger partial charge in [-0.25, -0.2) is 4.79 Å². The Hall–Kier alpha value is -2.95. The molecule has 0 atom stereocenters. The predicted molar refractivity (Wildman–Crippen MR) is 122 cm³/mol. The molecule has 0 unspecified atom stereocenters. The zero-order valence-corrected chi connectivity index (χ0v) is 18.4. The van der Waals surface area contributed by atoms with E-state index in [9.17, 15) is 9.90 Å². The molecule has 5 heteroatoms. The molecule has 0 saturated carbocycles. The monoisotopic (exact) mass is 412 g/mol. The van der Waals surface area contributed by atoms with Crippen LogP contribution in [0.1, 0.15) is 53.4 Å². The number of hydrogen-bond acceptors (Lipinski definition) is 5. The van der Waals surface area contributed by atoms with Crippen LogP contribution in [-0.4, -0.2) is 18.3 Å². The normalized spacial score (nSPS) is 11.8. The summed E-state index contributed by atoms with van der Waals surface area (Å²) in [6, 6.07) is 4.60. The molecule has 2 aromatic rings. The van der Waals surface area contributed by atoms with Crippen LogP contribution in [0.4, 0.5) is 0 Å². The Morgan fingerprint density at radius 3 is 2.60 bits per heavy atom. The number of ether oxygens (including phenoxy) is 2. The molecule has 1 heterocycles. The lowest BCUT2D eigenvalue weighted by Gasteiger charge is -2.13. The van der Waals surface area contributed by atoms with Crippen molar-refractivity contribution in [2.45, 2.75) is 53.4 Å². The Morgan fingerprint density at radius 2 is 1.87 bits per heavy atom. The number of hydrogen-bond donors (Lipinski definition) is 1. The molecule has 0 amide bonds. The highest BCUT2D eigenvalue weighted by Crippen LogP contribution is 2.34. The lowest BCUT2D eigenvalue weighted by atomic mass is 10.1. The lowest BCUT2D eigenvalue weighted by molar-refractivity contribution is 0.279. The van der Waals surface area contributed by atoms with Crippen molar-refractivity contribution in [2.75, 3.05) is 13.2 Å². The Morgan fingerprint density at radius 1 is 1.07 bits per heavy atom. The van der Waals surface area contributed by atoms with Crippen LogP contribution < -0.4 is 15.1 Å². The van der Waals surface area contributed by atoms with E-state index in [0.29, 0.717) is 17.7 Å². The minimum Gasteiger partial charge on any atom is -0.508 e. The summed E-state index contributed by atoms with van der Waals surface area (Å²) < 4.78 is 17.0. The van der Waals surface area contributed by atoms with E-state index < -0.39 is 5.63 Å². The number of phenols is 1. The van der Waals surface area contributed by atoms with Crippen LogP contribution in [0, 0.1) is 0 Å². The van der Waals surface area contributed by atoms with Crippen molar-refractivity contribution in [2.24, 2.45) is 0 Å². The average Bonchev–Trinajstić information content (AvgIpc) is 2.68. The van der Waals surface area contributed by atoms with Gasteiger partial charge in [0.1, 0.15) is 17.9 Å². The van der Waals surface area contributed by atoms with Crippen molar-refractivity contribution in [1.29, 1.82) is 0 Å². The van der Waals surface area contributed by atoms with E-state index in [1.54, 1.807) is 6.07 Å². The molecule has 2 rings (SSSR count). The summed E-state index contributed by atoms with van der Waals surface area (Å²) in [5.74, 6) is 0.425. The number of rotatable bonds is 11. The third-order valence-electron chi connectivity index (χ3n) is 4.49. The second-order valence-electron chi connectivity index (χ2n) is 7.43. The minimum absolute atomic E-state index is 0.0195. The molecule has 0 saturated heterocycles. The number of allylic oxidation sites excluding steroid dienone is 4. The molecule has 0 fully saturated rings. The van der Waals surface area contributed by atoms with Gasteiger partial charge in [0.2, 0.25) is 5.75 Å². The molecule has 0 bridgehead atoms. The van der Waals surface area contributed by atoms with Gasteiger partial charge < -0.3 is 19.0 Å². The van der Waals surface area contributed by atoms with Gasteiger partial charge in [-0.1, -0.05) is 36.3 Å². The van der Waals surface area contributed by atoms with Gasteiger partial charge in [0, 0.05) is 6.07 Å². The summed E-state index contributed by atoms with van der Waals surface area (Å²) in [6.07, 6.45) is 11.9. The summed E-state index contributed by atoms with van der Waals surface area (Å²) in [5, 5.41) is 10.3. The SMILES string of the molecule is CC/C=C/CCOc1c(OC/C=C(\C)CCC=C(C)C)c(=O)oc2cc(O)ccc12. The van der Waals surface area contributed by atoms with Crippen LogP contribution in [-0.2, 0) is 0 Å². The smallest absolute Gasteiger partial charge is 0.383 e. The van der Waals surface area contributed by atoms with Gasteiger partial charge >= 0.3 is 5.63 Å². The van der Waals surface area contributed by atoms with Crippen LogP contribution in [0.15, 0.2) is 62.9 Å². The average molecular weight is 413 g/mol. The number of benzene rings is 1. The summed E-state index contributed by atoms with van der Waals surface area (Å²) in [7, 11) is 0. The van der Waals surface area contributed by atoms with E-state index in [1.165, 1.54) is 23.3 Å². The molecule has 30 heavy (non-hydrogen) atoms. The van der Waals surface area contributed by atoms with Crippen LogP contribution in [0.3, 0.4) is 0 Å². The maximum absolute atomic E-state index is 12.5. The Bertz CT molecular complexity index is 975. The fraction of sp³-hybridized carbons (Fsp3) is 0.400. The van der Waals surface area contributed by atoms with Crippen LogP contribution >= 0.6 is 0 Å². The zero-order valence-electron chi connectivity index (χ0n) is 18.4. The van der Waals surface area contributed by atoms with E-state index in [1.807, 2.05) is 19.1 Å². The highest BCUT2D eigenvalue weighted by molar-refractivity contribution is 5.86. The van der Waals surface area contributed by atoms with Crippen LogP contribution in [0.25, 0.3) is 11.0 Å². The lowest BCUT2D eigenvalue weighted by Crippen LogP contribution is -2.11. The van der Waals surface area contributed by atoms with Crippen molar-refractivity contribution < 1.29 is 19.0 Å². The third kappa shape index (κ3) is 7.14. The molecule has 1 aromatic carbocycles. The van der Waals surface area contributed by atoms with Gasteiger partial charge in [0.25, 0.3) is 0 Å². The van der Waals surface area contributed by atoms with Gasteiger partial charge in [-0.3, -0.25) is 0 Å². The Balaban J connectivity index is 2.22. The van der Waals surface area contributed by atoms with Crippen molar-refractivity contribution in [3.63, 3.8) is 0 Å². The molecule has 5 nitrogen and oxygen atoms in total. The highest BCUT2D eigenvalue weighted by Gasteiger charge is 2.18. The van der Waals surface area contributed by atoms with Crippen LogP contribution in [0.5, 0.6) is 17.2 Å². The third-order valence-corrected chi connectivity index (χ3v) is 4.49. The van der Waals surface area contributed by atoms with Gasteiger partial charge in [-0.15, -0.1) is 0 Å². The Kier molecular flexibility index (Phi) is 9.26. The largest absolute Gasteiger partial charge is 0.508 e. The fourth-order valence-corrected chi connectivity index (χ4v) is 2.88. The first-order valence-electron chi connectivity index (χ1n) is 10.4. The summed E-state index contributed by atoms with van der Waals surface area (Å²) in [4.78, 5) is 12.5. The molecular formula is C25H32O5. The molecule has 0 spiro atoms. The first-order chi connectivity index (χ1) is 14.4. The number of fused-ring (bicyclic) bond motifs is 1. The van der Waals surface area contributed by atoms with Crippen LogP contribution in [0.2, 0.25) is 0 Å². The first kappa shape index (κ1) is 23.3. The van der Waals surface area contributed by atoms with Crippen molar-refractivity contribution in [3.05, 3.63) is 64.1 Å². The molecule has 162 valence electrons. The molecule has 1 N–H and O–H groups in total. The molecule has 1 aromatic heterocycles.